The van der Waals surface area contributed by atoms with Crippen molar-refractivity contribution in [1.82, 2.24) is 19.7 Å². The number of hydrogen-bond donors (Lipinski definition) is 1. The number of nitrogens with zero attached hydrogens (tertiary/aromatic N) is 3. The largest absolute Gasteiger partial charge is 0.493 e. The molecular weight excluding hydrogens is 444 g/mol. The second kappa shape index (κ2) is 10.7. The molecule has 34 heavy (non-hydrogen) atoms. The van der Waals surface area contributed by atoms with Gasteiger partial charge in [-0.3, -0.25) is 14.5 Å². The summed E-state index contributed by atoms with van der Waals surface area (Å²) in [7, 11) is 1.84. The van der Waals surface area contributed by atoms with Crippen molar-refractivity contribution in [2.75, 3.05) is 13.7 Å². The Bertz CT molecular complexity index is 1340. The molecule has 0 radical (unpaired) electrons. The van der Waals surface area contributed by atoms with E-state index in [-0.39, 0.29) is 5.91 Å². The molecule has 3 aromatic carbocycles. The van der Waals surface area contributed by atoms with Gasteiger partial charge >= 0.3 is 0 Å². The maximum atomic E-state index is 13.1. The van der Waals surface area contributed by atoms with E-state index >= 15 is 0 Å². The summed E-state index contributed by atoms with van der Waals surface area (Å²) in [6.45, 7) is 5.70. The summed E-state index contributed by atoms with van der Waals surface area (Å²) < 4.78 is 8.41. The zero-order valence-electron chi connectivity index (χ0n) is 19.9. The van der Waals surface area contributed by atoms with Gasteiger partial charge < -0.3 is 9.64 Å². The first kappa shape index (κ1) is 23.7. The number of aromatic nitrogens is 3. The molecule has 1 heterocycles. The zero-order valence-corrected chi connectivity index (χ0v) is 20.7. The summed E-state index contributed by atoms with van der Waals surface area (Å²) in [6, 6.07) is 20.4. The minimum absolute atomic E-state index is 0.0346. The van der Waals surface area contributed by atoms with Crippen molar-refractivity contribution >= 4 is 28.9 Å². The number of amides is 1. The molecule has 1 N–H and O–H groups in total. The monoisotopic (exact) mass is 474 g/mol. The molecule has 6 nitrogen and oxygen atoms in total. The predicted octanol–water partition coefficient (Wildman–Crippen LogP) is 5.91. The Balaban J connectivity index is 1.51. The SMILES string of the molecule is CCCOc1ccc2ccccc2c1CN(C)C(=O)CCn1c(-c2ccc(C)cc2)n[nH]c1=S. The fraction of sp³-hybridized carbons (Fsp3) is 0.296. The van der Waals surface area contributed by atoms with Crippen molar-refractivity contribution in [3.8, 4) is 17.1 Å². The fourth-order valence-electron chi connectivity index (χ4n) is 4.00. The highest BCUT2D eigenvalue weighted by Gasteiger charge is 2.17. The molecule has 4 rings (SSSR count). The number of benzene rings is 3. The Morgan fingerprint density at radius 1 is 1.12 bits per heavy atom. The first-order valence-corrected chi connectivity index (χ1v) is 12.0. The molecule has 0 saturated heterocycles. The van der Waals surface area contributed by atoms with Crippen LogP contribution >= 0.6 is 12.2 Å². The molecule has 0 unspecified atom stereocenters. The van der Waals surface area contributed by atoms with Crippen molar-refractivity contribution < 1.29 is 9.53 Å². The van der Waals surface area contributed by atoms with Gasteiger partial charge in [0.2, 0.25) is 5.91 Å². The number of nitrogens with one attached hydrogen (secondary N) is 1. The maximum Gasteiger partial charge on any atom is 0.224 e. The lowest BCUT2D eigenvalue weighted by Gasteiger charge is -2.21. The second-order valence-electron chi connectivity index (χ2n) is 8.48. The molecule has 1 amide bonds. The van der Waals surface area contributed by atoms with Crippen molar-refractivity contribution in [3.63, 3.8) is 0 Å². The van der Waals surface area contributed by atoms with E-state index in [0.29, 0.717) is 30.9 Å². The molecule has 0 aliphatic heterocycles. The minimum Gasteiger partial charge on any atom is -0.493 e. The average Bonchev–Trinajstić information content (AvgIpc) is 3.22. The number of carbonyl (C=O) groups excluding carboxylic acids is 1. The number of fused-ring (bicyclic) bond motifs is 1. The van der Waals surface area contributed by atoms with E-state index in [9.17, 15) is 4.79 Å². The summed E-state index contributed by atoms with van der Waals surface area (Å²) in [5.74, 6) is 1.61. The summed E-state index contributed by atoms with van der Waals surface area (Å²) in [4.78, 5) is 14.9. The highest BCUT2D eigenvalue weighted by atomic mass is 32.1. The van der Waals surface area contributed by atoms with Gasteiger partial charge in [-0.15, -0.1) is 0 Å². The van der Waals surface area contributed by atoms with E-state index in [1.165, 1.54) is 5.56 Å². The number of ether oxygens (including phenoxy) is 1. The van der Waals surface area contributed by atoms with Gasteiger partial charge in [-0.25, -0.2) is 0 Å². The fourth-order valence-corrected chi connectivity index (χ4v) is 4.22. The molecule has 7 heteroatoms. The van der Waals surface area contributed by atoms with Crippen molar-refractivity contribution in [2.45, 2.75) is 39.8 Å². The number of hydrogen-bond acceptors (Lipinski definition) is 4. The van der Waals surface area contributed by atoms with Crippen LogP contribution in [0.1, 0.15) is 30.9 Å². The van der Waals surface area contributed by atoms with E-state index in [2.05, 4.69) is 35.3 Å². The van der Waals surface area contributed by atoms with E-state index < -0.39 is 0 Å². The lowest BCUT2D eigenvalue weighted by atomic mass is 10.0. The highest BCUT2D eigenvalue weighted by molar-refractivity contribution is 7.71. The van der Waals surface area contributed by atoms with Crippen molar-refractivity contribution in [1.29, 1.82) is 0 Å². The molecule has 0 saturated carbocycles. The number of aryl methyl sites for hydroxylation is 1. The van der Waals surface area contributed by atoms with Gasteiger partial charge in [0, 0.05) is 37.7 Å². The zero-order chi connectivity index (χ0) is 24.1. The van der Waals surface area contributed by atoms with Gasteiger partial charge in [0.15, 0.2) is 10.6 Å². The van der Waals surface area contributed by atoms with E-state index in [1.54, 1.807) is 4.90 Å². The van der Waals surface area contributed by atoms with Crippen LogP contribution < -0.4 is 4.74 Å². The Morgan fingerprint density at radius 3 is 2.65 bits per heavy atom. The number of carbonyl (C=O) groups is 1. The number of rotatable bonds is 9. The minimum atomic E-state index is 0.0346. The van der Waals surface area contributed by atoms with Crippen molar-refractivity contribution in [3.05, 3.63) is 76.6 Å². The molecule has 0 aliphatic rings. The third kappa shape index (κ3) is 5.20. The predicted molar refractivity (Wildman–Crippen MR) is 138 cm³/mol. The highest BCUT2D eigenvalue weighted by Crippen LogP contribution is 2.29. The molecule has 4 aromatic rings. The maximum absolute atomic E-state index is 13.1. The topological polar surface area (TPSA) is 63.1 Å². The summed E-state index contributed by atoms with van der Waals surface area (Å²) in [6.07, 6.45) is 1.24. The Kier molecular flexibility index (Phi) is 7.43. The van der Waals surface area contributed by atoms with E-state index in [0.717, 1.165) is 39.9 Å². The summed E-state index contributed by atoms with van der Waals surface area (Å²) in [5, 5.41) is 9.49. The average molecular weight is 475 g/mol. The molecule has 0 bridgehead atoms. The second-order valence-corrected chi connectivity index (χ2v) is 8.87. The van der Waals surface area contributed by atoms with E-state index in [1.807, 2.05) is 61.0 Å². The van der Waals surface area contributed by atoms with Crippen LogP contribution in [0.2, 0.25) is 0 Å². The van der Waals surface area contributed by atoms with Crippen LogP contribution in [0.15, 0.2) is 60.7 Å². The van der Waals surface area contributed by atoms with Gasteiger partial charge in [-0.05, 0) is 42.4 Å². The summed E-state index contributed by atoms with van der Waals surface area (Å²) >= 11 is 5.44. The first-order valence-electron chi connectivity index (χ1n) is 11.6. The van der Waals surface area contributed by atoms with Crippen LogP contribution in [0.25, 0.3) is 22.2 Å². The van der Waals surface area contributed by atoms with Crippen LogP contribution in [0, 0.1) is 11.7 Å². The quantitative estimate of drug-likeness (QED) is 0.307. The Labute approximate surface area is 205 Å². The van der Waals surface area contributed by atoms with Crippen LogP contribution in [0.5, 0.6) is 5.75 Å². The molecule has 0 fully saturated rings. The third-order valence-corrected chi connectivity index (χ3v) is 6.21. The van der Waals surface area contributed by atoms with Gasteiger partial charge in [0.05, 0.1) is 6.61 Å². The smallest absolute Gasteiger partial charge is 0.224 e. The normalized spacial score (nSPS) is 11.0. The Morgan fingerprint density at radius 2 is 1.88 bits per heavy atom. The molecule has 1 aromatic heterocycles. The molecular formula is C27H30N4O2S. The first-order chi connectivity index (χ1) is 16.5. The van der Waals surface area contributed by atoms with Crippen LogP contribution in [0.4, 0.5) is 0 Å². The lowest BCUT2D eigenvalue weighted by molar-refractivity contribution is -0.130. The van der Waals surface area contributed by atoms with Gasteiger partial charge in [0.25, 0.3) is 0 Å². The lowest BCUT2D eigenvalue weighted by Crippen LogP contribution is -2.27. The molecule has 0 atom stereocenters. The number of aromatic amines is 1. The summed E-state index contributed by atoms with van der Waals surface area (Å²) in [5.41, 5.74) is 3.17. The van der Waals surface area contributed by atoms with Crippen LogP contribution in [-0.4, -0.2) is 39.2 Å². The van der Waals surface area contributed by atoms with Gasteiger partial charge in [0.1, 0.15) is 5.75 Å². The number of H-pyrrole nitrogens is 1. The van der Waals surface area contributed by atoms with Crippen LogP contribution in [-0.2, 0) is 17.9 Å². The van der Waals surface area contributed by atoms with E-state index in [4.69, 9.17) is 17.0 Å². The third-order valence-electron chi connectivity index (χ3n) is 5.90. The van der Waals surface area contributed by atoms with Gasteiger partial charge in [-0.1, -0.05) is 67.1 Å². The Hall–Kier alpha value is -3.45. The van der Waals surface area contributed by atoms with Crippen LogP contribution in [0.3, 0.4) is 0 Å². The van der Waals surface area contributed by atoms with Gasteiger partial charge in [-0.2, -0.15) is 5.10 Å². The van der Waals surface area contributed by atoms with Crippen molar-refractivity contribution in [2.24, 2.45) is 0 Å². The molecule has 0 aliphatic carbocycles. The molecule has 176 valence electrons. The molecule has 0 spiro atoms. The standard InChI is InChI=1S/C27H30N4O2S/c1-4-17-33-24-14-13-20-7-5-6-8-22(20)23(24)18-30(3)25(32)15-16-31-26(28-29-27(31)34)21-11-9-19(2)10-12-21/h5-14H,4,15-18H2,1-3H3,(H,29,34).